The van der Waals surface area contributed by atoms with Crippen molar-refractivity contribution in [3.8, 4) is 0 Å². The average Bonchev–Trinajstić information content (AvgIpc) is 2.37. The molecule has 9 heteroatoms. The predicted molar refractivity (Wildman–Crippen MR) is 76.6 cm³/mol. The number of halogens is 4. The van der Waals surface area contributed by atoms with Crippen LogP contribution in [-0.4, -0.2) is 42.7 Å². The van der Waals surface area contributed by atoms with Crippen molar-refractivity contribution in [2.75, 3.05) is 6.54 Å². The summed E-state index contributed by atoms with van der Waals surface area (Å²) in [5, 5.41) is 7.92. The van der Waals surface area contributed by atoms with Gasteiger partial charge in [0.1, 0.15) is 12.0 Å². The smallest absolute Gasteiger partial charge is 0.353 e. The Bertz CT molecular complexity index is 420. The first-order valence-electron chi connectivity index (χ1n) is 7.18. The number of rotatable bonds is 2. The molecule has 0 aromatic heterocycles. The molecular formula is C13H21ClF3N3O2. The third-order valence-electron chi connectivity index (χ3n) is 4.06. The topological polar surface area (TPSA) is 70.2 Å². The molecule has 0 spiro atoms. The van der Waals surface area contributed by atoms with E-state index >= 15 is 0 Å². The molecule has 2 amide bonds. The lowest BCUT2D eigenvalue weighted by molar-refractivity contribution is -0.171. The molecule has 2 fully saturated rings. The minimum absolute atomic E-state index is 0. The van der Waals surface area contributed by atoms with Gasteiger partial charge in [-0.2, -0.15) is 13.2 Å². The first-order chi connectivity index (χ1) is 9.77. The van der Waals surface area contributed by atoms with E-state index in [4.69, 9.17) is 0 Å². The van der Waals surface area contributed by atoms with Crippen LogP contribution < -0.4 is 16.0 Å². The van der Waals surface area contributed by atoms with E-state index in [2.05, 4.69) is 10.6 Å². The lowest BCUT2D eigenvalue weighted by atomic mass is 9.91. The average molecular weight is 344 g/mol. The zero-order chi connectivity index (χ0) is 15.6. The van der Waals surface area contributed by atoms with Gasteiger partial charge in [0.15, 0.2) is 0 Å². The normalized spacial score (nSPS) is 32.6. The summed E-state index contributed by atoms with van der Waals surface area (Å²) in [6, 6.07) is -1.59. The van der Waals surface area contributed by atoms with Crippen LogP contribution in [-0.2, 0) is 9.59 Å². The van der Waals surface area contributed by atoms with Crippen LogP contribution in [0.25, 0.3) is 0 Å². The molecule has 3 N–H and O–H groups in total. The molecular weight excluding hydrogens is 323 g/mol. The number of carbonyl (C=O) groups is 2. The van der Waals surface area contributed by atoms with E-state index in [0.717, 1.165) is 19.4 Å². The summed E-state index contributed by atoms with van der Waals surface area (Å²) < 4.78 is 37.6. The fourth-order valence-electron chi connectivity index (χ4n) is 2.87. The van der Waals surface area contributed by atoms with E-state index in [1.165, 1.54) is 0 Å². The van der Waals surface area contributed by atoms with Gasteiger partial charge in [0, 0.05) is 12.1 Å². The molecule has 2 aliphatic heterocycles. The SMILES string of the molecule is CC1CC(NC(=O)C2CCC(C(F)(F)F)NC2=O)CCN1.Cl. The number of carbonyl (C=O) groups excluding carboxylic acids is 2. The lowest BCUT2D eigenvalue weighted by Crippen LogP contribution is -2.56. The summed E-state index contributed by atoms with van der Waals surface area (Å²) >= 11 is 0. The van der Waals surface area contributed by atoms with Crippen molar-refractivity contribution in [1.82, 2.24) is 16.0 Å². The Morgan fingerprint density at radius 3 is 2.50 bits per heavy atom. The van der Waals surface area contributed by atoms with Crippen LogP contribution in [0.2, 0.25) is 0 Å². The molecule has 0 aliphatic carbocycles. The summed E-state index contributed by atoms with van der Waals surface area (Å²) in [7, 11) is 0. The van der Waals surface area contributed by atoms with Gasteiger partial charge in [0.05, 0.1) is 0 Å². The summed E-state index contributed by atoms with van der Waals surface area (Å²) in [4.78, 5) is 23.8. The van der Waals surface area contributed by atoms with Crippen molar-refractivity contribution in [2.24, 2.45) is 5.92 Å². The van der Waals surface area contributed by atoms with Gasteiger partial charge in [-0.3, -0.25) is 9.59 Å². The highest BCUT2D eigenvalue weighted by molar-refractivity contribution is 6.01. The lowest BCUT2D eigenvalue weighted by Gasteiger charge is -2.32. The maximum absolute atomic E-state index is 12.5. The van der Waals surface area contributed by atoms with Gasteiger partial charge in [-0.25, -0.2) is 0 Å². The highest BCUT2D eigenvalue weighted by Crippen LogP contribution is 2.28. The molecule has 0 radical (unpaired) electrons. The molecule has 2 rings (SSSR count). The van der Waals surface area contributed by atoms with Crippen LogP contribution in [0.1, 0.15) is 32.6 Å². The molecule has 2 aliphatic rings. The van der Waals surface area contributed by atoms with E-state index in [0.29, 0.717) is 0 Å². The summed E-state index contributed by atoms with van der Waals surface area (Å²) in [5.41, 5.74) is 0. The van der Waals surface area contributed by atoms with Crippen molar-refractivity contribution in [3.63, 3.8) is 0 Å². The fourth-order valence-corrected chi connectivity index (χ4v) is 2.87. The Morgan fingerprint density at radius 1 is 1.27 bits per heavy atom. The largest absolute Gasteiger partial charge is 0.408 e. The van der Waals surface area contributed by atoms with Crippen LogP contribution >= 0.6 is 12.4 Å². The van der Waals surface area contributed by atoms with E-state index in [-0.39, 0.29) is 37.3 Å². The third-order valence-corrected chi connectivity index (χ3v) is 4.06. The van der Waals surface area contributed by atoms with Crippen molar-refractivity contribution in [3.05, 3.63) is 0 Å². The summed E-state index contributed by atoms with van der Waals surface area (Å²) in [6.45, 7) is 2.78. The first kappa shape index (κ1) is 19.0. The van der Waals surface area contributed by atoms with Crippen molar-refractivity contribution < 1.29 is 22.8 Å². The van der Waals surface area contributed by atoms with Crippen molar-refractivity contribution >= 4 is 24.2 Å². The number of alkyl halides is 3. The highest BCUT2D eigenvalue weighted by atomic mass is 35.5. The number of hydrogen-bond donors (Lipinski definition) is 3. The standard InChI is InChI=1S/C13H20F3N3O2.ClH/c1-7-6-8(4-5-17-7)18-11(20)9-2-3-10(13(14,15)16)19-12(9)21;/h7-10,17H,2-6H2,1H3,(H,18,20)(H,19,21);1H. The Balaban J connectivity index is 0.00000242. The van der Waals surface area contributed by atoms with Crippen LogP contribution in [0.15, 0.2) is 0 Å². The summed E-state index contributed by atoms with van der Waals surface area (Å²) in [6.07, 6.45) is -3.26. The Labute approximate surface area is 133 Å². The molecule has 128 valence electrons. The van der Waals surface area contributed by atoms with Crippen LogP contribution in [0, 0.1) is 5.92 Å². The van der Waals surface area contributed by atoms with Crippen molar-refractivity contribution in [2.45, 2.75) is 56.9 Å². The maximum Gasteiger partial charge on any atom is 0.408 e. The Morgan fingerprint density at radius 2 is 1.95 bits per heavy atom. The monoisotopic (exact) mass is 343 g/mol. The van der Waals surface area contributed by atoms with Gasteiger partial charge in [-0.05, 0) is 39.2 Å². The predicted octanol–water partition coefficient (Wildman–Crippen LogP) is 1.12. The molecule has 2 saturated heterocycles. The number of nitrogens with one attached hydrogen (secondary N) is 3. The molecule has 5 nitrogen and oxygen atoms in total. The van der Waals surface area contributed by atoms with E-state index in [1.807, 2.05) is 12.2 Å². The Kier molecular flexibility index (Phi) is 6.49. The highest BCUT2D eigenvalue weighted by Gasteiger charge is 2.46. The summed E-state index contributed by atoms with van der Waals surface area (Å²) in [5.74, 6) is -2.32. The first-order valence-corrected chi connectivity index (χ1v) is 7.18. The second kappa shape index (κ2) is 7.50. The fraction of sp³-hybridized carbons (Fsp3) is 0.846. The van der Waals surface area contributed by atoms with Gasteiger partial charge < -0.3 is 16.0 Å². The van der Waals surface area contributed by atoms with Gasteiger partial charge >= 0.3 is 6.18 Å². The van der Waals surface area contributed by atoms with E-state index in [1.54, 1.807) is 0 Å². The van der Waals surface area contributed by atoms with Gasteiger partial charge in [0.2, 0.25) is 11.8 Å². The molecule has 4 atom stereocenters. The quantitative estimate of drug-likeness (QED) is 0.658. The van der Waals surface area contributed by atoms with Crippen LogP contribution in [0.4, 0.5) is 13.2 Å². The number of hydrogen-bond acceptors (Lipinski definition) is 3. The van der Waals surface area contributed by atoms with Crippen LogP contribution in [0.5, 0.6) is 0 Å². The van der Waals surface area contributed by atoms with Crippen molar-refractivity contribution in [1.29, 1.82) is 0 Å². The molecule has 4 unspecified atom stereocenters. The molecule has 0 saturated carbocycles. The molecule has 0 aromatic rings. The van der Waals surface area contributed by atoms with E-state index < -0.39 is 30.0 Å². The second-order valence-electron chi connectivity index (χ2n) is 5.82. The minimum atomic E-state index is -4.46. The molecule has 22 heavy (non-hydrogen) atoms. The van der Waals surface area contributed by atoms with Gasteiger partial charge in [-0.15, -0.1) is 12.4 Å². The van der Waals surface area contributed by atoms with Crippen LogP contribution in [0.3, 0.4) is 0 Å². The number of amides is 2. The zero-order valence-corrected chi connectivity index (χ0v) is 13.0. The second-order valence-corrected chi connectivity index (χ2v) is 5.82. The Hall–Kier alpha value is -1.02. The maximum atomic E-state index is 12.5. The molecule has 2 heterocycles. The molecule has 0 bridgehead atoms. The van der Waals surface area contributed by atoms with Gasteiger partial charge in [-0.1, -0.05) is 0 Å². The number of piperidine rings is 2. The third kappa shape index (κ3) is 4.74. The van der Waals surface area contributed by atoms with E-state index in [9.17, 15) is 22.8 Å². The molecule has 0 aromatic carbocycles. The zero-order valence-electron chi connectivity index (χ0n) is 12.2. The minimum Gasteiger partial charge on any atom is -0.353 e. The van der Waals surface area contributed by atoms with Gasteiger partial charge in [0.25, 0.3) is 0 Å².